The van der Waals surface area contributed by atoms with Crippen LogP contribution in [0.25, 0.3) is 0 Å². The first-order valence-corrected chi connectivity index (χ1v) is 5.01. The van der Waals surface area contributed by atoms with E-state index in [1.807, 2.05) is 0 Å². The van der Waals surface area contributed by atoms with E-state index in [9.17, 15) is 4.79 Å². The molecule has 0 aromatic heterocycles. The van der Waals surface area contributed by atoms with Crippen LogP contribution in [0.15, 0.2) is 0 Å². The van der Waals surface area contributed by atoms with Crippen LogP contribution in [0.3, 0.4) is 0 Å². The maximum absolute atomic E-state index is 10.2. The zero-order valence-corrected chi connectivity index (χ0v) is 8.50. The van der Waals surface area contributed by atoms with Gasteiger partial charge in [-0.3, -0.25) is 0 Å². The number of carbonyl (C=O) groups excluding carboxylic acids is 1. The standard InChI is InChI=1S/C9H20N2O3/c10-9(13)14-8-6-11-5-3-1-2-4-7-12/h11-12H,1-8H2,(H2,10,13). The highest BCUT2D eigenvalue weighted by atomic mass is 16.5. The first-order valence-electron chi connectivity index (χ1n) is 5.01. The quantitative estimate of drug-likeness (QED) is 0.469. The number of nitrogens with two attached hydrogens (primary N) is 1. The summed E-state index contributed by atoms with van der Waals surface area (Å²) in [5.74, 6) is 0. The van der Waals surface area contributed by atoms with Gasteiger partial charge in [0.1, 0.15) is 6.61 Å². The molecule has 0 aromatic rings. The second-order valence-electron chi connectivity index (χ2n) is 3.06. The van der Waals surface area contributed by atoms with Crippen molar-refractivity contribution >= 4 is 6.09 Å². The molecular formula is C9H20N2O3. The van der Waals surface area contributed by atoms with Crippen molar-refractivity contribution in [2.45, 2.75) is 25.7 Å². The number of aliphatic hydroxyl groups excluding tert-OH is 1. The average molecular weight is 204 g/mol. The molecule has 0 saturated carbocycles. The smallest absolute Gasteiger partial charge is 0.404 e. The van der Waals surface area contributed by atoms with Crippen molar-refractivity contribution in [2.24, 2.45) is 5.73 Å². The maximum atomic E-state index is 10.2. The summed E-state index contributed by atoms with van der Waals surface area (Å²) in [6.45, 7) is 2.16. The van der Waals surface area contributed by atoms with Crippen LogP contribution >= 0.6 is 0 Å². The molecule has 0 spiro atoms. The maximum Gasteiger partial charge on any atom is 0.404 e. The number of unbranched alkanes of at least 4 members (excludes halogenated alkanes) is 3. The molecule has 0 atom stereocenters. The van der Waals surface area contributed by atoms with E-state index in [0.29, 0.717) is 13.2 Å². The summed E-state index contributed by atoms with van der Waals surface area (Å²) in [5, 5.41) is 11.6. The summed E-state index contributed by atoms with van der Waals surface area (Å²) in [5.41, 5.74) is 4.78. The molecule has 4 N–H and O–H groups in total. The van der Waals surface area contributed by atoms with Crippen molar-refractivity contribution in [3.05, 3.63) is 0 Å². The van der Waals surface area contributed by atoms with E-state index in [4.69, 9.17) is 10.8 Å². The molecule has 0 rings (SSSR count). The Balaban J connectivity index is 2.88. The first-order chi connectivity index (χ1) is 6.77. The van der Waals surface area contributed by atoms with Gasteiger partial charge in [0.2, 0.25) is 0 Å². The third kappa shape index (κ3) is 11.2. The number of primary amides is 1. The van der Waals surface area contributed by atoms with E-state index >= 15 is 0 Å². The van der Waals surface area contributed by atoms with Gasteiger partial charge in [0.05, 0.1) is 0 Å². The second kappa shape index (κ2) is 10.3. The Kier molecular flexibility index (Phi) is 9.68. The van der Waals surface area contributed by atoms with E-state index in [1.165, 1.54) is 0 Å². The largest absolute Gasteiger partial charge is 0.448 e. The predicted molar refractivity (Wildman–Crippen MR) is 54.0 cm³/mol. The third-order valence-corrected chi connectivity index (χ3v) is 1.78. The second-order valence-corrected chi connectivity index (χ2v) is 3.06. The average Bonchev–Trinajstić information content (AvgIpc) is 2.15. The molecule has 84 valence electrons. The van der Waals surface area contributed by atoms with Crippen LogP contribution in [0.1, 0.15) is 25.7 Å². The van der Waals surface area contributed by atoms with E-state index in [2.05, 4.69) is 10.1 Å². The van der Waals surface area contributed by atoms with E-state index in [1.54, 1.807) is 0 Å². The summed E-state index contributed by atoms with van der Waals surface area (Å²) >= 11 is 0. The SMILES string of the molecule is NC(=O)OCCNCCCCCCO. The lowest BCUT2D eigenvalue weighted by molar-refractivity contribution is 0.157. The summed E-state index contributed by atoms with van der Waals surface area (Å²) in [6, 6.07) is 0. The number of carbonyl (C=O) groups is 1. The fourth-order valence-corrected chi connectivity index (χ4v) is 1.06. The van der Waals surface area contributed by atoms with Crippen LogP contribution in [-0.4, -0.2) is 37.5 Å². The minimum atomic E-state index is -0.727. The van der Waals surface area contributed by atoms with Crippen LogP contribution in [0.2, 0.25) is 0 Å². The Morgan fingerprint density at radius 3 is 2.57 bits per heavy atom. The van der Waals surface area contributed by atoms with Crippen LogP contribution in [-0.2, 0) is 4.74 Å². The third-order valence-electron chi connectivity index (χ3n) is 1.78. The lowest BCUT2D eigenvalue weighted by Crippen LogP contribution is -2.24. The molecular weight excluding hydrogens is 184 g/mol. The van der Waals surface area contributed by atoms with Crippen LogP contribution < -0.4 is 11.1 Å². The zero-order chi connectivity index (χ0) is 10.6. The lowest BCUT2D eigenvalue weighted by Gasteiger charge is -2.04. The number of nitrogens with one attached hydrogen (secondary N) is 1. The Morgan fingerprint density at radius 1 is 1.21 bits per heavy atom. The monoisotopic (exact) mass is 204 g/mol. The van der Waals surface area contributed by atoms with Gasteiger partial charge in [-0.1, -0.05) is 12.8 Å². The summed E-state index contributed by atoms with van der Waals surface area (Å²) in [7, 11) is 0. The number of rotatable bonds is 9. The van der Waals surface area contributed by atoms with Crippen molar-refractivity contribution in [1.82, 2.24) is 5.32 Å². The molecule has 0 bridgehead atoms. The Labute approximate surface area is 84.6 Å². The first kappa shape index (κ1) is 13.2. The van der Waals surface area contributed by atoms with Crippen LogP contribution in [0, 0.1) is 0 Å². The van der Waals surface area contributed by atoms with Gasteiger partial charge in [-0.2, -0.15) is 0 Å². The predicted octanol–water partition coefficient (Wildman–Crippen LogP) is 0.224. The van der Waals surface area contributed by atoms with Crippen molar-refractivity contribution in [3.8, 4) is 0 Å². The van der Waals surface area contributed by atoms with Gasteiger partial charge < -0.3 is 20.9 Å². The van der Waals surface area contributed by atoms with Gasteiger partial charge >= 0.3 is 6.09 Å². The molecule has 5 nitrogen and oxygen atoms in total. The summed E-state index contributed by atoms with van der Waals surface area (Å²) < 4.78 is 4.53. The van der Waals surface area contributed by atoms with Crippen molar-refractivity contribution < 1.29 is 14.6 Å². The van der Waals surface area contributed by atoms with Gasteiger partial charge in [0, 0.05) is 13.2 Å². The van der Waals surface area contributed by atoms with E-state index in [0.717, 1.165) is 32.2 Å². The molecule has 14 heavy (non-hydrogen) atoms. The molecule has 0 fully saturated rings. The number of amides is 1. The molecule has 0 aromatic carbocycles. The van der Waals surface area contributed by atoms with Crippen molar-refractivity contribution in [2.75, 3.05) is 26.3 Å². The molecule has 0 aliphatic rings. The van der Waals surface area contributed by atoms with Gasteiger partial charge in [-0.15, -0.1) is 0 Å². The molecule has 1 amide bonds. The van der Waals surface area contributed by atoms with Crippen LogP contribution in [0.4, 0.5) is 4.79 Å². The molecule has 0 unspecified atom stereocenters. The minimum Gasteiger partial charge on any atom is -0.448 e. The minimum absolute atomic E-state index is 0.278. The fraction of sp³-hybridized carbons (Fsp3) is 0.889. The molecule has 5 heteroatoms. The van der Waals surface area contributed by atoms with Crippen molar-refractivity contribution in [3.63, 3.8) is 0 Å². The van der Waals surface area contributed by atoms with Gasteiger partial charge in [0.15, 0.2) is 0 Å². The molecule has 0 heterocycles. The van der Waals surface area contributed by atoms with Crippen LogP contribution in [0.5, 0.6) is 0 Å². The fourth-order valence-electron chi connectivity index (χ4n) is 1.06. The highest BCUT2D eigenvalue weighted by molar-refractivity contribution is 5.64. The highest BCUT2D eigenvalue weighted by Crippen LogP contribution is 1.97. The molecule has 0 radical (unpaired) electrons. The highest BCUT2D eigenvalue weighted by Gasteiger charge is 1.92. The molecule has 0 aliphatic heterocycles. The van der Waals surface area contributed by atoms with Crippen molar-refractivity contribution in [1.29, 1.82) is 0 Å². The Bertz CT molecular complexity index is 142. The Hall–Kier alpha value is -0.810. The van der Waals surface area contributed by atoms with Gasteiger partial charge in [-0.05, 0) is 19.4 Å². The normalized spacial score (nSPS) is 10.1. The zero-order valence-electron chi connectivity index (χ0n) is 8.50. The molecule has 0 saturated heterocycles. The van der Waals surface area contributed by atoms with Gasteiger partial charge in [-0.25, -0.2) is 4.79 Å². The lowest BCUT2D eigenvalue weighted by atomic mass is 10.2. The van der Waals surface area contributed by atoms with E-state index in [-0.39, 0.29) is 6.61 Å². The summed E-state index contributed by atoms with van der Waals surface area (Å²) in [4.78, 5) is 10.2. The number of hydrogen-bond acceptors (Lipinski definition) is 4. The summed E-state index contributed by atoms with van der Waals surface area (Å²) in [6.07, 6.45) is 3.41. The van der Waals surface area contributed by atoms with Gasteiger partial charge in [0.25, 0.3) is 0 Å². The number of aliphatic hydroxyl groups is 1. The number of hydrogen-bond donors (Lipinski definition) is 3. The topological polar surface area (TPSA) is 84.6 Å². The van der Waals surface area contributed by atoms with E-state index < -0.39 is 6.09 Å². The Morgan fingerprint density at radius 2 is 1.93 bits per heavy atom. The molecule has 0 aliphatic carbocycles. The number of ether oxygens (including phenoxy) is 1.